The van der Waals surface area contributed by atoms with Crippen LogP contribution in [-0.4, -0.2) is 9.55 Å². The zero-order valence-corrected chi connectivity index (χ0v) is 16.4. The molecule has 0 unspecified atom stereocenters. The molecule has 1 aromatic heterocycles. The van der Waals surface area contributed by atoms with E-state index in [4.69, 9.17) is 28.2 Å². The number of benzene rings is 3. The molecule has 0 bridgehead atoms. The van der Waals surface area contributed by atoms with Crippen molar-refractivity contribution in [1.29, 1.82) is 0 Å². The summed E-state index contributed by atoms with van der Waals surface area (Å²) in [7, 11) is 0. The first-order chi connectivity index (χ1) is 13.1. The number of hydrogen-bond donors (Lipinski definition) is 0. The summed E-state index contributed by atoms with van der Waals surface area (Å²) >= 11 is 14.1. The fourth-order valence-electron chi connectivity index (χ4n) is 2.81. The highest BCUT2D eigenvalue weighted by Crippen LogP contribution is 2.29. The molecular formula is C21H14Cl2N2OS. The third-order valence-electron chi connectivity index (χ3n) is 4.15. The highest BCUT2D eigenvalue weighted by atomic mass is 35.5. The van der Waals surface area contributed by atoms with E-state index in [1.807, 2.05) is 60.7 Å². The molecule has 3 nitrogen and oxygen atoms in total. The van der Waals surface area contributed by atoms with Crippen molar-refractivity contribution in [1.82, 2.24) is 9.55 Å². The number of para-hydroxylation sites is 2. The van der Waals surface area contributed by atoms with E-state index in [0.717, 1.165) is 5.56 Å². The number of halogens is 2. The van der Waals surface area contributed by atoms with Crippen molar-refractivity contribution in [3.63, 3.8) is 0 Å². The number of rotatable bonds is 4. The molecular weight excluding hydrogens is 399 g/mol. The maximum absolute atomic E-state index is 13.2. The van der Waals surface area contributed by atoms with Gasteiger partial charge >= 0.3 is 0 Å². The van der Waals surface area contributed by atoms with Gasteiger partial charge in [-0.15, -0.1) is 0 Å². The van der Waals surface area contributed by atoms with E-state index in [1.54, 1.807) is 16.7 Å². The maximum atomic E-state index is 13.2. The van der Waals surface area contributed by atoms with Crippen molar-refractivity contribution in [3.05, 3.63) is 98.8 Å². The van der Waals surface area contributed by atoms with Gasteiger partial charge in [0.2, 0.25) is 0 Å². The third-order valence-corrected chi connectivity index (χ3v) is 5.83. The molecule has 4 rings (SSSR count). The molecule has 1 heterocycles. The first-order valence-electron chi connectivity index (χ1n) is 8.28. The molecule has 0 amide bonds. The van der Waals surface area contributed by atoms with E-state index in [1.165, 1.54) is 11.8 Å². The minimum absolute atomic E-state index is 0.143. The Bertz CT molecular complexity index is 1190. The molecule has 0 atom stereocenters. The van der Waals surface area contributed by atoms with E-state index in [2.05, 4.69) is 0 Å². The Morgan fingerprint density at radius 3 is 2.30 bits per heavy atom. The lowest BCUT2D eigenvalue weighted by Gasteiger charge is -2.14. The molecule has 0 aliphatic rings. The van der Waals surface area contributed by atoms with Gasteiger partial charge in [-0.3, -0.25) is 9.36 Å². The molecule has 4 aromatic rings. The zero-order valence-electron chi connectivity index (χ0n) is 14.1. The smallest absolute Gasteiger partial charge is 0.266 e. The van der Waals surface area contributed by atoms with Crippen LogP contribution in [0.25, 0.3) is 16.6 Å². The fraction of sp³-hybridized carbons (Fsp3) is 0.0476. The summed E-state index contributed by atoms with van der Waals surface area (Å²) in [5.41, 5.74) is 2.11. The first kappa shape index (κ1) is 18.1. The van der Waals surface area contributed by atoms with Gasteiger partial charge in [-0.2, -0.15) is 0 Å². The van der Waals surface area contributed by atoms with Gasteiger partial charge in [0.05, 0.1) is 21.6 Å². The van der Waals surface area contributed by atoms with Crippen molar-refractivity contribution in [2.75, 3.05) is 0 Å². The van der Waals surface area contributed by atoms with Gasteiger partial charge in [-0.1, -0.05) is 77.4 Å². The normalized spacial score (nSPS) is 11.0. The molecule has 0 saturated heterocycles. The lowest BCUT2D eigenvalue weighted by atomic mass is 10.2. The standard InChI is InChI=1S/C21H14Cl2N2OS/c22-16-9-3-1-7-14(16)13-27-21-24-18-11-5-2-8-15(18)20(26)25(21)19-12-6-4-10-17(19)23/h1-12H,13H2. The largest absolute Gasteiger partial charge is 0.268 e. The van der Waals surface area contributed by atoms with Gasteiger partial charge in [0.15, 0.2) is 5.16 Å². The lowest BCUT2D eigenvalue weighted by molar-refractivity contribution is 0.820. The molecule has 0 saturated carbocycles. The van der Waals surface area contributed by atoms with Crippen LogP contribution in [0, 0.1) is 0 Å². The summed E-state index contributed by atoms with van der Waals surface area (Å²) in [6.07, 6.45) is 0. The molecule has 0 aliphatic carbocycles. The minimum Gasteiger partial charge on any atom is -0.268 e. The number of aromatic nitrogens is 2. The highest BCUT2D eigenvalue weighted by molar-refractivity contribution is 7.98. The summed E-state index contributed by atoms with van der Waals surface area (Å²) in [5.74, 6) is 0.592. The second-order valence-corrected chi connectivity index (χ2v) is 7.64. The average Bonchev–Trinajstić information content (AvgIpc) is 2.68. The molecule has 0 aliphatic heterocycles. The van der Waals surface area contributed by atoms with E-state index in [0.29, 0.717) is 37.5 Å². The summed E-state index contributed by atoms with van der Waals surface area (Å²) in [4.78, 5) is 17.9. The van der Waals surface area contributed by atoms with Crippen LogP contribution in [0.15, 0.2) is 82.7 Å². The predicted molar refractivity (Wildman–Crippen MR) is 113 cm³/mol. The molecule has 134 valence electrons. The summed E-state index contributed by atoms with van der Waals surface area (Å²) in [5, 5.41) is 2.32. The van der Waals surface area contributed by atoms with Gasteiger partial charge in [0.1, 0.15) is 0 Å². The summed E-state index contributed by atoms with van der Waals surface area (Å²) < 4.78 is 1.58. The molecule has 3 aromatic carbocycles. The number of hydrogen-bond acceptors (Lipinski definition) is 3. The monoisotopic (exact) mass is 412 g/mol. The number of nitrogens with zero attached hydrogens (tertiary/aromatic N) is 2. The quantitative estimate of drug-likeness (QED) is 0.305. The Morgan fingerprint density at radius 2 is 1.52 bits per heavy atom. The molecule has 27 heavy (non-hydrogen) atoms. The van der Waals surface area contributed by atoms with Crippen LogP contribution in [0.4, 0.5) is 0 Å². The van der Waals surface area contributed by atoms with E-state index < -0.39 is 0 Å². The van der Waals surface area contributed by atoms with Gasteiger partial charge in [0, 0.05) is 10.8 Å². The second-order valence-electron chi connectivity index (χ2n) is 5.88. The molecule has 0 radical (unpaired) electrons. The van der Waals surface area contributed by atoms with Crippen molar-refractivity contribution < 1.29 is 0 Å². The Morgan fingerprint density at radius 1 is 0.852 bits per heavy atom. The Kier molecular flexibility index (Phi) is 5.21. The Balaban J connectivity index is 1.88. The molecule has 0 N–H and O–H groups in total. The van der Waals surface area contributed by atoms with Crippen LogP contribution in [-0.2, 0) is 5.75 Å². The van der Waals surface area contributed by atoms with E-state index in [-0.39, 0.29) is 5.56 Å². The number of fused-ring (bicyclic) bond motifs is 1. The molecule has 0 spiro atoms. The van der Waals surface area contributed by atoms with Crippen molar-refractivity contribution in [3.8, 4) is 5.69 Å². The second kappa shape index (κ2) is 7.77. The van der Waals surface area contributed by atoms with E-state index >= 15 is 0 Å². The predicted octanol–water partition coefficient (Wildman–Crippen LogP) is 5.98. The van der Waals surface area contributed by atoms with Crippen LogP contribution in [0.2, 0.25) is 10.0 Å². The lowest BCUT2D eigenvalue weighted by Crippen LogP contribution is -2.22. The topological polar surface area (TPSA) is 34.9 Å². The fourth-order valence-corrected chi connectivity index (χ4v) is 4.32. The summed E-state index contributed by atoms with van der Waals surface area (Å²) in [6, 6.07) is 22.2. The Labute approximate surface area is 170 Å². The van der Waals surface area contributed by atoms with Gasteiger partial charge < -0.3 is 0 Å². The minimum atomic E-state index is -0.143. The SMILES string of the molecule is O=c1c2ccccc2nc(SCc2ccccc2Cl)n1-c1ccccc1Cl. The van der Waals surface area contributed by atoms with E-state index in [9.17, 15) is 4.79 Å². The highest BCUT2D eigenvalue weighted by Gasteiger charge is 2.15. The Hall–Kier alpha value is -2.27. The van der Waals surface area contributed by atoms with Crippen molar-refractivity contribution in [2.45, 2.75) is 10.9 Å². The van der Waals surface area contributed by atoms with Crippen LogP contribution in [0.1, 0.15) is 5.56 Å². The summed E-state index contributed by atoms with van der Waals surface area (Å²) in [6.45, 7) is 0. The van der Waals surface area contributed by atoms with Crippen LogP contribution in [0.3, 0.4) is 0 Å². The van der Waals surface area contributed by atoms with Crippen LogP contribution in [0.5, 0.6) is 0 Å². The van der Waals surface area contributed by atoms with Crippen LogP contribution < -0.4 is 5.56 Å². The zero-order chi connectivity index (χ0) is 18.8. The van der Waals surface area contributed by atoms with Crippen LogP contribution >= 0.6 is 35.0 Å². The van der Waals surface area contributed by atoms with Crippen molar-refractivity contribution in [2.24, 2.45) is 0 Å². The first-order valence-corrected chi connectivity index (χ1v) is 10.0. The number of thioether (sulfide) groups is 1. The van der Waals surface area contributed by atoms with Gasteiger partial charge in [0.25, 0.3) is 5.56 Å². The third kappa shape index (κ3) is 3.61. The van der Waals surface area contributed by atoms with Gasteiger partial charge in [-0.05, 0) is 35.9 Å². The molecule has 0 fully saturated rings. The van der Waals surface area contributed by atoms with Crippen molar-refractivity contribution >= 4 is 45.9 Å². The molecule has 6 heteroatoms. The van der Waals surface area contributed by atoms with Gasteiger partial charge in [-0.25, -0.2) is 4.98 Å². The average molecular weight is 413 g/mol. The maximum Gasteiger partial charge on any atom is 0.266 e.